The van der Waals surface area contributed by atoms with Gasteiger partial charge in [-0.2, -0.15) is 0 Å². The molecule has 0 saturated carbocycles. The molecule has 27 heavy (non-hydrogen) atoms. The summed E-state index contributed by atoms with van der Waals surface area (Å²) < 4.78 is 16.1. The molecule has 1 aromatic heterocycles. The normalized spacial score (nSPS) is 19.5. The first-order chi connectivity index (χ1) is 12.4. The van der Waals surface area contributed by atoms with Gasteiger partial charge in [0, 0.05) is 0 Å². The zero-order chi connectivity index (χ0) is 20.0. The molecule has 0 amide bonds. The van der Waals surface area contributed by atoms with E-state index in [1.807, 2.05) is 0 Å². The third kappa shape index (κ3) is 4.40. The van der Waals surface area contributed by atoms with E-state index < -0.39 is 26.7 Å². The third-order valence-corrected chi connectivity index (χ3v) is 15.5. The molecule has 0 N–H and O–H groups in total. The van der Waals surface area contributed by atoms with Crippen LogP contribution in [0.3, 0.4) is 0 Å². The first-order valence-electron chi connectivity index (χ1n) is 10.2. The average Bonchev–Trinajstić information content (AvgIpc) is 2.93. The molecule has 4 nitrogen and oxygen atoms in total. The Morgan fingerprint density at radius 2 is 1.89 bits per heavy atom. The molecule has 150 valence electrons. The summed E-state index contributed by atoms with van der Waals surface area (Å²) in [4.78, 5) is 7.30. The third-order valence-electron chi connectivity index (χ3n) is 6.00. The number of ether oxygens (including phenoxy) is 1. The molecular formula is C21H36N2O2SiSn. The molecule has 6 heteroatoms. The van der Waals surface area contributed by atoms with Crippen LogP contribution < -0.4 is 8.14 Å². The van der Waals surface area contributed by atoms with Crippen LogP contribution in [0.4, 0.5) is 0 Å². The van der Waals surface area contributed by atoms with Gasteiger partial charge < -0.3 is 0 Å². The summed E-state index contributed by atoms with van der Waals surface area (Å²) in [6.07, 6.45) is 3.51. The monoisotopic (exact) mass is 496 g/mol. The molecule has 0 aliphatic carbocycles. The predicted molar refractivity (Wildman–Crippen MR) is 119 cm³/mol. The molecule has 1 aromatic carbocycles. The van der Waals surface area contributed by atoms with Gasteiger partial charge in [-0.05, 0) is 0 Å². The molecule has 1 atom stereocenters. The van der Waals surface area contributed by atoms with Gasteiger partial charge in [-0.3, -0.25) is 0 Å². The maximum absolute atomic E-state index is 6.59. The summed E-state index contributed by atoms with van der Waals surface area (Å²) in [5.74, 6) is 0.995. The van der Waals surface area contributed by atoms with Crippen molar-refractivity contribution in [2.24, 2.45) is 0 Å². The fourth-order valence-corrected chi connectivity index (χ4v) is 8.39. The van der Waals surface area contributed by atoms with E-state index in [1.54, 1.807) is 0 Å². The number of hydrogen-bond donors (Lipinski definition) is 0. The molecule has 0 bridgehead atoms. The Hall–Kier alpha value is -0.534. The minimum absolute atomic E-state index is 0.0794. The standard InChI is InChI=1S/C18H27N2O2Si.3CH3.Sn/c1-18(2,3)23(4,5)22-15-9-10-16-14(12-15)13-19-20(16)17-8-6-7-11-21-17;;;;/h9-10,12,17H,6-8,11H2,1-5H3;3*1H3;. The van der Waals surface area contributed by atoms with E-state index in [9.17, 15) is 0 Å². The van der Waals surface area contributed by atoms with Gasteiger partial charge in [-0.15, -0.1) is 0 Å². The van der Waals surface area contributed by atoms with Crippen LogP contribution >= 0.6 is 0 Å². The Kier molecular flexibility index (Phi) is 5.78. The number of hydrogen-bond acceptors (Lipinski definition) is 3. The van der Waals surface area contributed by atoms with Gasteiger partial charge in [-0.25, -0.2) is 0 Å². The molecule has 1 fully saturated rings. The number of aromatic nitrogens is 2. The van der Waals surface area contributed by atoms with Crippen molar-refractivity contribution in [3.63, 3.8) is 0 Å². The SMILES string of the molecule is CC(C)(C)[Si](C)(C)Oc1ccc2c(c1)[c]([Sn]([CH3])([CH3])[CH3])nn2C1CCCCO1. The molecule has 1 saturated heterocycles. The van der Waals surface area contributed by atoms with Crippen molar-refractivity contribution in [1.82, 2.24) is 9.78 Å². The van der Waals surface area contributed by atoms with Gasteiger partial charge in [0.2, 0.25) is 0 Å². The van der Waals surface area contributed by atoms with Crippen LogP contribution in [0, 0.1) is 0 Å². The van der Waals surface area contributed by atoms with E-state index in [0.717, 1.165) is 25.2 Å². The fraction of sp³-hybridized carbons (Fsp3) is 0.667. The van der Waals surface area contributed by atoms with E-state index >= 15 is 0 Å². The summed E-state index contributed by atoms with van der Waals surface area (Å²) in [5, 5.41) is 6.58. The molecule has 1 unspecified atom stereocenters. The second-order valence-corrected chi connectivity index (χ2v) is 29.3. The van der Waals surface area contributed by atoms with E-state index in [1.165, 1.54) is 21.0 Å². The topological polar surface area (TPSA) is 36.3 Å². The Morgan fingerprint density at radius 3 is 2.44 bits per heavy atom. The Bertz CT molecular complexity index is 812. The number of rotatable bonds is 4. The summed E-state index contributed by atoms with van der Waals surface area (Å²) in [6, 6.07) is 6.58. The van der Waals surface area contributed by atoms with Crippen molar-refractivity contribution in [3.05, 3.63) is 18.2 Å². The summed E-state index contributed by atoms with van der Waals surface area (Å²) in [7, 11) is -1.86. The van der Waals surface area contributed by atoms with Gasteiger partial charge in [0.25, 0.3) is 0 Å². The summed E-state index contributed by atoms with van der Waals surface area (Å²) in [6.45, 7) is 12.3. The van der Waals surface area contributed by atoms with Crippen molar-refractivity contribution in [1.29, 1.82) is 0 Å². The maximum atomic E-state index is 6.59. The minimum atomic E-state index is -2.39. The van der Waals surface area contributed by atoms with E-state index in [4.69, 9.17) is 14.3 Å². The molecule has 2 aromatic rings. The Labute approximate surface area is 169 Å². The van der Waals surface area contributed by atoms with Gasteiger partial charge >= 0.3 is 170 Å². The van der Waals surface area contributed by atoms with Crippen molar-refractivity contribution >= 4 is 41.3 Å². The van der Waals surface area contributed by atoms with Crippen LogP contribution in [0.1, 0.15) is 46.3 Å². The van der Waals surface area contributed by atoms with Crippen molar-refractivity contribution in [2.45, 2.75) is 79.2 Å². The van der Waals surface area contributed by atoms with Crippen LogP contribution in [0.5, 0.6) is 5.75 Å². The first-order valence-corrected chi connectivity index (χ1v) is 23.1. The first kappa shape index (κ1) is 21.2. The van der Waals surface area contributed by atoms with Crippen molar-refractivity contribution in [3.8, 4) is 5.75 Å². The predicted octanol–water partition coefficient (Wildman–Crippen LogP) is 5.66. The van der Waals surface area contributed by atoms with Gasteiger partial charge in [0.1, 0.15) is 0 Å². The van der Waals surface area contributed by atoms with Gasteiger partial charge in [-0.1, -0.05) is 0 Å². The van der Waals surface area contributed by atoms with Crippen molar-refractivity contribution < 1.29 is 9.16 Å². The van der Waals surface area contributed by atoms with E-state index in [2.05, 4.69) is 71.6 Å². The summed E-state index contributed by atoms with van der Waals surface area (Å²) >= 11 is -2.39. The zero-order valence-corrected chi connectivity index (χ0v) is 22.2. The van der Waals surface area contributed by atoms with Crippen LogP contribution in [-0.4, -0.2) is 43.1 Å². The van der Waals surface area contributed by atoms with E-state index in [-0.39, 0.29) is 11.3 Å². The second-order valence-electron chi connectivity index (χ2n) is 10.4. The molecule has 1 aliphatic heterocycles. The number of benzene rings is 1. The van der Waals surface area contributed by atoms with Crippen molar-refractivity contribution in [2.75, 3.05) is 6.61 Å². The molecule has 1 aliphatic rings. The summed E-state index contributed by atoms with van der Waals surface area (Å²) in [5.41, 5.74) is 1.20. The molecule has 0 spiro atoms. The van der Waals surface area contributed by atoms with Crippen LogP contribution in [0.25, 0.3) is 10.9 Å². The molecule has 2 heterocycles. The molecule has 3 rings (SSSR count). The fourth-order valence-electron chi connectivity index (χ4n) is 3.32. The molecular weight excluding hydrogens is 459 g/mol. The Balaban J connectivity index is 2.07. The quantitative estimate of drug-likeness (QED) is 0.514. The van der Waals surface area contributed by atoms with Crippen LogP contribution in [0.2, 0.25) is 33.0 Å². The second kappa shape index (κ2) is 7.37. The van der Waals surface area contributed by atoms with Crippen LogP contribution in [0.15, 0.2) is 18.2 Å². The van der Waals surface area contributed by atoms with Gasteiger partial charge in [0.05, 0.1) is 0 Å². The van der Waals surface area contributed by atoms with Crippen LogP contribution in [-0.2, 0) is 4.74 Å². The number of fused-ring (bicyclic) bond motifs is 1. The van der Waals surface area contributed by atoms with Gasteiger partial charge in [0.15, 0.2) is 0 Å². The van der Waals surface area contributed by atoms with E-state index in [0.29, 0.717) is 0 Å². The average molecular weight is 495 g/mol. The Morgan fingerprint density at radius 1 is 1.19 bits per heavy atom. The number of nitrogens with zero attached hydrogens (tertiary/aromatic N) is 2. The molecule has 0 radical (unpaired) electrons. The zero-order valence-electron chi connectivity index (χ0n) is 18.3.